The van der Waals surface area contributed by atoms with E-state index in [4.69, 9.17) is 89.6 Å². The summed E-state index contributed by atoms with van der Waals surface area (Å²) < 4.78 is -1.50. The molecular formula is C64H74Cl6N4. The van der Waals surface area contributed by atoms with Crippen LogP contribution < -0.4 is 0 Å². The quantitative estimate of drug-likeness (QED) is 0.110. The molecule has 0 aliphatic heterocycles. The summed E-state index contributed by atoms with van der Waals surface area (Å²) in [6.07, 6.45) is 0. The van der Waals surface area contributed by atoms with E-state index in [2.05, 4.69) is 208 Å². The molecule has 74 heavy (non-hydrogen) atoms. The van der Waals surface area contributed by atoms with Crippen LogP contribution in [0.25, 0.3) is 10.8 Å². The van der Waals surface area contributed by atoms with Crippen molar-refractivity contribution in [2.45, 2.75) is 167 Å². The van der Waals surface area contributed by atoms with Crippen LogP contribution in [0.15, 0.2) is 117 Å². The Morgan fingerprint density at radius 2 is 0.378 bits per heavy atom. The Morgan fingerprint density at radius 3 is 0.500 bits per heavy atom. The first-order chi connectivity index (χ1) is 34.9. The van der Waals surface area contributed by atoms with Gasteiger partial charge in [-0.05, 0) is 91.9 Å². The molecule has 392 valence electrons. The molecule has 8 rings (SSSR count). The normalized spacial score (nSPS) is 15.4. The fourth-order valence-corrected chi connectivity index (χ4v) is 10.3. The van der Waals surface area contributed by atoms with Gasteiger partial charge in [0.1, 0.15) is 0 Å². The summed E-state index contributed by atoms with van der Waals surface area (Å²) >= 11 is 28.8. The van der Waals surface area contributed by atoms with Gasteiger partial charge in [0.25, 0.3) is 0 Å². The van der Waals surface area contributed by atoms with Crippen molar-refractivity contribution in [1.29, 1.82) is 0 Å². The number of alkyl halides is 6. The van der Waals surface area contributed by atoms with Gasteiger partial charge in [-0.25, -0.2) is 20.0 Å². The van der Waals surface area contributed by atoms with Crippen molar-refractivity contribution in [2.24, 2.45) is 20.0 Å². The summed E-state index contributed by atoms with van der Waals surface area (Å²) in [5, 5.41) is 2.37. The van der Waals surface area contributed by atoms with Crippen molar-refractivity contribution < 1.29 is 0 Å². The molecule has 0 unspecified atom stereocenters. The van der Waals surface area contributed by atoms with Crippen LogP contribution >= 0.6 is 69.6 Å². The summed E-state index contributed by atoms with van der Waals surface area (Å²) in [6, 6.07) is 36.2. The molecule has 0 spiro atoms. The highest BCUT2D eigenvalue weighted by molar-refractivity contribution is 6.66. The Bertz CT molecular complexity index is 2600. The zero-order valence-electron chi connectivity index (χ0n) is 46.1. The molecule has 0 saturated heterocycles. The van der Waals surface area contributed by atoms with E-state index in [-0.39, 0.29) is 0 Å². The Kier molecular flexibility index (Phi) is 20.4. The fourth-order valence-electron chi connectivity index (χ4n) is 10.3. The Labute approximate surface area is 473 Å². The summed E-state index contributed by atoms with van der Waals surface area (Å²) in [5.41, 5.74) is 22.5. The highest BCUT2D eigenvalue weighted by Crippen LogP contribution is 2.47. The van der Waals surface area contributed by atoms with E-state index in [9.17, 15) is 0 Å². The van der Waals surface area contributed by atoms with Crippen LogP contribution in [0.1, 0.15) is 225 Å². The first kappa shape index (κ1) is 59.2. The molecule has 2 aliphatic carbocycles. The van der Waals surface area contributed by atoms with Gasteiger partial charge >= 0.3 is 0 Å². The first-order valence-electron chi connectivity index (χ1n) is 26.2. The molecular weight excluding hydrogens is 1040 g/mol. The van der Waals surface area contributed by atoms with Crippen LogP contribution in [0.4, 0.5) is 22.7 Å². The lowest BCUT2D eigenvalue weighted by Crippen LogP contribution is -2.13. The molecule has 0 amide bonds. The molecule has 2 aliphatic rings. The van der Waals surface area contributed by atoms with Gasteiger partial charge in [0, 0.05) is 33.0 Å². The van der Waals surface area contributed by atoms with E-state index in [1.54, 1.807) is 0 Å². The zero-order chi connectivity index (χ0) is 54.6. The molecule has 0 N–H and O–H groups in total. The molecule has 0 atom stereocenters. The number of benzene rings is 6. The molecule has 10 heteroatoms. The van der Waals surface area contributed by atoms with E-state index >= 15 is 0 Å². The Morgan fingerprint density at radius 1 is 0.243 bits per heavy atom. The van der Waals surface area contributed by atoms with E-state index in [1.165, 1.54) is 55.3 Å². The summed E-state index contributed by atoms with van der Waals surface area (Å²) in [6.45, 7) is 36.5. The molecule has 0 saturated carbocycles. The number of aliphatic imine (C=N–C) groups is 4. The smallest absolute Gasteiger partial charge is 0.180 e. The minimum absolute atomic E-state index is 0.295. The van der Waals surface area contributed by atoms with Crippen LogP contribution in [-0.2, 0) is 0 Å². The van der Waals surface area contributed by atoms with Crippen LogP contribution in [-0.4, -0.2) is 31.4 Å². The second-order valence-corrected chi connectivity index (χ2v) is 25.7. The average Bonchev–Trinajstić information content (AvgIpc) is 3.77. The van der Waals surface area contributed by atoms with Crippen molar-refractivity contribution in [2.75, 3.05) is 0 Å². The molecule has 0 fully saturated rings. The van der Waals surface area contributed by atoms with Gasteiger partial charge in [-0.15, -0.1) is 0 Å². The van der Waals surface area contributed by atoms with Crippen molar-refractivity contribution in [3.05, 3.63) is 164 Å². The van der Waals surface area contributed by atoms with Gasteiger partial charge in [0.2, 0.25) is 0 Å². The van der Waals surface area contributed by atoms with Crippen molar-refractivity contribution >= 4 is 126 Å². The molecule has 4 nitrogen and oxygen atoms in total. The van der Waals surface area contributed by atoms with Crippen LogP contribution in [0, 0.1) is 0 Å². The molecule has 0 radical (unpaired) electrons. The fraction of sp³-hybridized carbons (Fsp3) is 0.406. The molecule has 0 bridgehead atoms. The summed E-state index contributed by atoms with van der Waals surface area (Å²) in [7, 11) is 0. The maximum atomic E-state index is 5.87. The van der Waals surface area contributed by atoms with Gasteiger partial charge in [0.15, 0.2) is 8.59 Å². The number of halogens is 6. The van der Waals surface area contributed by atoms with Crippen LogP contribution in [0.5, 0.6) is 0 Å². The molecule has 0 heterocycles. The average molecular weight is 1110 g/mol. The van der Waals surface area contributed by atoms with Gasteiger partial charge in [-0.3, -0.25) is 0 Å². The third kappa shape index (κ3) is 12.9. The predicted octanol–water partition coefficient (Wildman–Crippen LogP) is 22.3. The van der Waals surface area contributed by atoms with Gasteiger partial charge in [-0.1, -0.05) is 277 Å². The maximum Gasteiger partial charge on any atom is 0.180 e. The molecule has 6 aromatic carbocycles. The van der Waals surface area contributed by atoms with E-state index in [1.807, 2.05) is 0 Å². The summed E-state index contributed by atoms with van der Waals surface area (Å²) in [5.74, 6) is 2.36. The number of nitrogens with zero attached hydrogens (tertiary/aromatic N) is 4. The van der Waals surface area contributed by atoms with Gasteiger partial charge < -0.3 is 0 Å². The second-order valence-electron chi connectivity index (χ2n) is 21.8. The van der Waals surface area contributed by atoms with Crippen LogP contribution in [0.2, 0.25) is 0 Å². The third-order valence-electron chi connectivity index (χ3n) is 13.9. The highest BCUT2D eigenvalue weighted by atomic mass is 35.6. The van der Waals surface area contributed by atoms with Gasteiger partial charge in [0.05, 0.1) is 45.6 Å². The van der Waals surface area contributed by atoms with Gasteiger partial charge in [-0.2, -0.15) is 0 Å². The standard InChI is InChI=1S/C62H72N4.2CHCl3/c1-33(2)41-21-17-22-42(34(3)4)55(41)63-59-49-29-30-51-54-52(32-31-50(53(49)54)60(59)64-56-43(35(5)6)23-18-24-44(56)36(7)8)62(66-58-47(39(13)14)27-20-28-48(58)40(15)16)61(51)65-57-45(37(9)10)25-19-26-46(57)38(11)12;2*2-1(3)4/h17-40H,1-16H3;2*1H. The van der Waals surface area contributed by atoms with Crippen molar-refractivity contribution in [3.8, 4) is 0 Å². The minimum atomic E-state index is -0.750. The lowest BCUT2D eigenvalue weighted by atomic mass is 9.92. The largest absolute Gasteiger partial charge is 0.245 e. The third-order valence-corrected chi connectivity index (χ3v) is 13.9. The van der Waals surface area contributed by atoms with Crippen molar-refractivity contribution in [3.63, 3.8) is 0 Å². The number of para-hydroxylation sites is 4. The van der Waals surface area contributed by atoms with E-state index in [0.29, 0.717) is 47.3 Å². The van der Waals surface area contributed by atoms with E-state index < -0.39 is 8.59 Å². The zero-order valence-corrected chi connectivity index (χ0v) is 50.6. The molecule has 0 aromatic heterocycles. The SMILES string of the molecule is CC(C)c1cccc(C(C)C)c1N=C1C(=Nc2c(C(C)C)cccc2C(C)C)c2ccc3c4c(ccc1c24)C(=Nc1c(C(C)C)cccc1C(C)C)C3=Nc1c(C(C)C)cccc1C(C)C.ClC(Cl)Cl.ClC(Cl)Cl. The second kappa shape index (κ2) is 25.4. The topological polar surface area (TPSA) is 49.4 Å². The number of hydrogen-bond donors (Lipinski definition) is 0. The van der Waals surface area contributed by atoms with Crippen LogP contribution in [0.3, 0.4) is 0 Å². The number of hydrogen-bond acceptors (Lipinski definition) is 4. The predicted molar refractivity (Wildman–Crippen MR) is 330 cm³/mol. The lowest BCUT2D eigenvalue weighted by Gasteiger charge is -2.19. The molecule has 6 aromatic rings. The minimum Gasteiger partial charge on any atom is -0.245 e. The number of rotatable bonds is 12. The Balaban J connectivity index is 0.00000104. The van der Waals surface area contributed by atoms with Crippen molar-refractivity contribution in [1.82, 2.24) is 0 Å². The monoisotopic (exact) mass is 1110 g/mol. The first-order valence-corrected chi connectivity index (χ1v) is 28.8. The Hall–Kier alpha value is -4.00. The van der Waals surface area contributed by atoms with E-state index in [0.717, 1.165) is 67.9 Å². The maximum absolute atomic E-state index is 5.87. The highest BCUT2D eigenvalue weighted by Gasteiger charge is 2.37. The lowest BCUT2D eigenvalue weighted by molar-refractivity contribution is 0.834. The summed E-state index contributed by atoms with van der Waals surface area (Å²) in [4.78, 5) is 23.5.